The van der Waals surface area contributed by atoms with Gasteiger partial charge >= 0.3 is 12.3 Å². The number of amides is 2. The molecule has 0 saturated carbocycles. The lowest BCUT2D eigenvalue weighted by atomic mass is 9.92. The van der Waals surface area contributed by atoms with Crippen LogP contribution in [0.5, 0.6) is 0 Å². The van der Waals surface area contributed by atoms with E-state index in [-0.39, 0.29) is 12.2 Å². The molecule has 0 aliphatic carbocycles. The molecular formula is C14H12F5N3O4. The second kappa shape index (κ2) is 5.69. The van der Waals surface area contributed by atoms with Crippen LogP contribution < -0.4 is 15.5 Å². The zero-order valence-corrected chi connectivity index (χ0v) is 12.9. The Morgan fingerprint density at radius 3 is 2.23 bits per heavy atom. The summed E-state index contributed by atoms with van der Waals surface area (Å²) in [7, 11) is 0. The van der Waals surface area contributed by atoms with Gasteiger partial charge < -0.3 is 20.5 Å². The smallest absolute Gasteiger partial charge is 0.420 e. The molecule has 7 nitrogen and oxygen atoms in total. The van der Waals surface area contributed by atoms with Gasteiger partial charge in [0, 0.05) is 12.1 Å². The van der Waals surface area contributed by atoms with Crippen molar-refractivity contribution in [1.29, 1.82) is 0 Å². The normalized spacial score (nSPS) is 22.2. The molecule has 0 unspecified atom stereocenters. The van der Waals surface area contributed by atoms with Crippen LogP contribution in [0.2, 0.25) is 0 Å². The van der Waals surface area contributed by atoms with Gasteiger partial charge in [-0.05, 0) is 0 Å². The highest BCUT2D eigenvalue weighted by Crippen LogP contribution is 2.42. The lowest BCUT2D eigenvalue weighted by Gasteiger charge is -2.48. The highest BCUT2D eigenvalue weighted by Gasteiger charge is 2.61. The van der Waals surface area contributed by atoms with E-state index in [2.05, 4.69) is 4.74 Å². The second-order valence-corrected chi connectivity index (χ2v) is 6.03. The molecule has 3 N–H and O–H groups in total. The minimum absolute atomic E-state index is 0.288. The molecule has 1 atom stereocenters. The molecule has 1 aromatic rings. The van der Waals surface area contributed by atoms with Crippen molar-refractivity contribution in [2.24, 2.45) is 5.73 Å². The summed E-state index contributed by atoms with van der Waals surface area (Å²) in [5.74, 6) is -3.41. The average molecular weight is 381 g/mol. The van der Waals surface area contributed by atoms with Gasteiger partial charge in [-0.25, -0.2) is 13.6 Å². The molecule has 2 heterocycles. The summed E-state index contributed by atoms with van der Waals surface area (Å²) >= 11 is 0. The largest absolute Gasteiger partial charge is 0.434 e. The van der Waals surface area contributed by atoms with E-state index in [9.17, 15) is 36.6 Å². The van der Waals surface area contributed by atoms with Gasteiger partial charge in [-0.2, -0.15) is 13.2 Å². The fraction of sp³-hybridized carbons (Fsp3) is 0.429. The predicted octanol–water partition coefficient (Wildman–Crippen LogP) is 0.889. The van der Waals surface area contributed by atoms with E-state index in [1.165, 1.54) is 0 Å². The molecular weight excluding hydrogens is 369 g/mol. The molecule has 1 aromatic carbocycles. The zero-order chi connectivity index (χ0) is 19.4. The summed E-state index contributed by atoms with van der Waals surface area (Å²) in [5, 5.41) is 9.38. The number of hydrogen-bond acceptors (Lipinski definition) is 5. The second-order valence-electron chi connectivity index (χ2n) is 6.03. The molecule has 3 rings (SSSR count). The summed E-state index contributed by atoms with van der Waals surface area (Å²) in [6.07, 6.45) is -7.26. The number of cyclic esters (lactones) is 1. The molecule has 2 fully saturated rings. The molecule has 2 aliphatic heterocycles. The molecule has 0 radical (unpaired) electrons. The van der Waals surface area contributed by atoms with Crippen LogP contribution in [0.3, 0.4) is 0 Å². The first-order valence-electron chi connectivity index (χ1n) is 7.23. The van der Waals surface area contributed by atoms with Crippen molar-refractivity contribution < 1.29 is 41.4 Å². The van der Waals surface area contributed by atoms with Gasteiger partial charge in [-0.3, -0.25) is 9.69 Å². The van der Waals surface area contributed by atoms with Crippen LogP contribution in [-0.2, 0) is 9.53 Å². The van der Waals surface area contributed by atoms with Crippen LogP contribution in [-0.4, -0.2) is 54.6 Å². The van der Waals surface area contributed by atoms with Crippen molar-refractivity contribution in [1.82, 2.24) is 0 Å². The lowest BCUT2D eigenvalue weighted by molar-refractivity contribution is -0.267. The molecule has 0 spiro atoms. The minimum atomic E-state index is -4.93. The van der Waals surface area contributed by atoms with Gasteiger partial charge in [0.1, 0.15) is 5.69 Å². The quantitative estimate of drug-likeness (QED) is 0.759. The van der Waals surface area contributed by atoms with E-state index >= 15 is 0 Å². The number of alkyl halides is 3. The number of rotatable bonds is 3. The highest BCUT2D eigenvalue weighted by atomic mass is 19.4. The first-order valence-corrected chi connectivity index (χ1v) is 7.23. The molecule has 2 saturated heterocycles. The van der Waals surface area contributed by atoms with E-state index in [0.29, 0.717) is 17.0 Å². The zero-order valence-electron chi connectivity index (χ0n) is 12.9. The van der Waals surface area contributed by atoms with Crippen molar-refractivity contribution >= 4 is 23.4 Å². The van der Waals surface area contributed by atoms with Crippen molar-refractivity contribution in [3.05, 3.63) is 23.8 Å². The minimum Gasteiger partial charge on any atom is -0.434 e. The molecule has 142 valence electrons. The number of aliphatic hydroxyl groups is 1. The van der Waals surface area contributed by atoms with Gasteiger partial charge in [-0.15, -0.1) is 0 Å². The number of nitrogens with two attached hydrogens (primary N) is 1. The number of hydrogen-bond donors (Lipinski definition) is 2. The molecule has 2 aliphatic rings. The lowest BCUT2D eigenvalue weighted by Crippen LogP contribution is -2.69. The topological polar surface area (TPSA) is 96.1 Å². The number of halogens is 5. The standard InChI is InChI=1S/C14H12F5N3O4/c15-7-1-6(22-3-9(11(20)23)26-12(22)24)2-8(16)10(7)21-4-13(25,5-21)14(17,18)19/h1-2,9,25H,3-5H2,(H2,20,23)/t9-/m1/s1. The maximum Gasteiger partial charge on any atom is 0.420 e. The van der Waals surface area contributed by atoms with Crippen molar-refractivity contribution in [3.63, 3.8) is 0 Å². The van der Waals surface area contributed by atoms with E-state index in [1.54, 1.807) is 0 Å². The predicted molar refractivity (Wildman–Crippen MR) is 76.4 cm³/mol. The molecule has 26 heavy (non-hydrogen) atoms. The maximum absolute atomic E-state index is 14.3. The summed E-state index contributed by atoms with van der Waals surface area (Å²) in [6, 6.07) is 1.43. The summed E-state index contributed by atoms with van der Waals surface area (Å²) in [5.41, 5.74) is 0.903. The summed E-state index contributed by atoms with van der Waals surface area (Å²) < 4.78 is 71.0. The fourth-order valence-electron chi connectivity index (χ4n) is 2.75. The van der Waals surface area contributed by atoms with Crippen LogP contribution >= 0.6 is 0 Å². The molecule has 2 amide bonds. The number of ether oxygens (including phenoxy) is 1. The van der Waals surface area contributed by atoms with Crippen LogP contribution in [0, 0.1) is 11.6 Å². The van der Waals surface area contributed by atoms with Crippen LogP contribution in [0.15, 0.2) is 12.1 Å². The Balaban J connectivity index is 1.83. The Morgan fingerprint density at radius 1 is 1.27 bits per heavy atom. The van der Waals surface area contributed by atoms with Gasteiger partial charge in [0.05, 0.1) is 25.3 Å². The van der Waals surface area contributed by atoms with E-state index in [4.69, 9.17) is 5.73 Å². The fourth-order valence-corrected chi connectivity index (χ4v) is 2.75. The number of anilines is 2. The number of β-amino-alcohol motifs (C(OH)–C–C–N with tert-alkyl or cyclic N) is 1. The monoisotopic (exact) mass is 381 g/mol. The number of primary amides is 1. The van der Waals surface area contributed by atoms with Crippen molar-refractivity contribution in [2.45, 2.75) is 17.9 Å². The molecule has 0 bridgehead atoms. The Morgan fingerprint density at radius 2 is 1.81 bits per heavy atom. The average Bonchev–Trinajstić information content (AvgIpc) is 2.85. The van der Waals surface area contributed by atoms with Crippen molar-refractivity contribution in [3.8, 4) is 0 Å². The third-order valence-corrected chi connectivity index (χ3v) is 4.19. The molecule has 0 aromatic heterocycles. The van der Waals surface area contributed by atoms with Crippen LogP contribution in [0.25, 0.3) is 0 Å². The Hall–Kier alpha value is -2.63. The maximum atomic E-state index is 14.3. The number of carbonyl (C=O) groups is 2. The van der Waals surface area contributed by atoms with Gasteiger partial charge in [-0.1, -0.05) is 0 Å². The van der Waals surface area contributed by atoms with Gasteiger partial charge in [0.25, 0.3) is 5.91 Å². The summed E-state index contributed by atoms with van der Waals surface area (Å²) in [4.78, 5) is 24.2. The number of carbonyl (C=O) groups excluding carboxylic acids is 2. The van der Waals surface area contributed by atoms with Gasteiger partial charge in [0.2, 0.25) is 0 Å². The first-order chi connectivity index (χ1) is 11.9. The van der Waals surface area contributed by atoms with Crippen LogP contribution in [0.4, 0.5) is 38.1 Å². The van der Waals surface area contributed by atoms with Gasteiger partial charge in [0.15, 0.2) is 23.3 Å². The van der Waals surface area contributed by atoms with Crippen LogP contribution in [0.1, 0.15) is 0 Å². The van der Waals surface area contributed by atoms with E-state index in [0.717, 1.165) is 4.90 Å². The Kier molecular flexibility index (Phi) is 3.98. The Labute approximate surface area is 142 Å². The third-order valence-electron chi connectivity index (χ3n) is 4.19. The first kappa shape index (κ1) is 18.2. The number of benzene rings is 1. The highest BCUT2D eigenvalue weighted by molar-refractivity contribution is 5.95. The van der Waals surface area contributed by atoms with E-state index < -0.39 is 60.3 Å². The Bertz CT molecular complexity index is 755. The third kappa shape index (κ3) is 2.79. The number of nitrogens with zero attached hydrogens (tertiary/aromatic N) is 2. The SMILES string of the molecule is NC(=O)[C@H]1CN(c2cc(F)c(N3CC(O)(C(F)(F)F)C3)c(F)c2)C(=O)O1. The van der Waals surface area contributed by atoms with Crippen molar-refractivity contribution in [2.75, 3.05) is 29.4 Å². The summed E-state index contributed by atoms with van der Waals surface area (Å²) in [6.45, 7) is -2.41. The molecule has 12 heteroatoms. The van der Waals surface area contributed by atoms with E-state index in [1.807, 2.05) is 0 Å².